The molecule has 1 aromatic carbocycles. The molecule has 1 aliphatic heterocycles. The molecule has 5 atom stereocenters. The van der Waals surface area contributed by atoms with Crippen molar-refractivity contribution in [3.63, 3.8) is 0 Å². The summed E-state index contributed by atoms with van der Waals surface area (Å²) in [5.41, 5.74) is 2.65. The molecule has 1 aromatic heterocycles. The molecule has 2 saturated carbocycles. The van der Waals surface area contributed by atoms with E-state index in [-0.39, 0.29) is 17.9 Å². The normalized spacial score (nSPS) is 31.3. The van der Waals surface area contributed by atoms with Crippen molar-refractivity contribution in [2.24, 2.45) is 23.7 Å². The summed E-state index contributed by atoms with van der Waals surface area (Å²) >= 11 is 0. The number of hydrogen-bond acceptors (Lipinski definition) is 3. The third kappa shape index (κ3) is 3.73. The molecule has 0 bridgehead atoms. The van der Waals surface area contributed by atoms with Crippen LogP contribution in [0, 0.1) is 29.5 Å². The predicted molar refractivity (Wildman–Crippen MR) is 110 cm³/mol. The van der Waals surface area contributed by atoms with Crippen LogP contribution in [0.15, 0.2) is 48.7 Å². The fourth-order valence-corrected chi connectivity index (χ4v) is 5.76. The molecule has 0 spiro atoms. The lowest BCUT2D eigenvalue weighted by molar-refractivity contribution is -0.143. The summed E-state index contributed by atoms with van der Waals surface area (Å²) in [6, 6.07) is 10.5. The molecule has 150 valence electrons. The van der Waals surface area contributed by atoms with Gasteiger partial charge in [0.05, 0.1) is 12.1 Å². The highest BCUT2D eigenvalue weighted by Crippen LogP contribution is 2.51. The summed E-state index contributed by atoms with van der Waals surface area (Å²) in [6.45, 7) is 0. The van der Waals surface area contributed by atoms with Gasteiger partial charge in [-0.15, -0.1) is 0 Å². The first kappa shape index (κ1) is 18.5. The van der Waals surface area contributed by atoms with Crippen molar-refractivity contribution in [3.05, 3.63) is 60.2 Å². The predicted octanol–water partition coefficient (Wildman–Crippen LogP) is 5.66. The van der Waals surface area contributed by atoms with Crippen LogP contribution in [-0.4, -0.2) is 17.1 Å². The maximum Gasteiger partial charge on any atom is 0.306 e. The van der Waals surface area contributed by atoms with Crippen LogP contribution in [-0.2, 0) is 9.53 Å². The van der Waals surface area contributed by atoms with Gasteiger partial charge in [0, 0.05) is 17.7 Å². The van der Waals surface area contributed by atoms with E-state index in [9.17, 15) is 9.18 Å². The topological polar surface area (TPSA) is 39.2 Å². The van der Waals surface area contributed by atoms with Crippen molar-refractivity contribution in [1.82, 2.24) is 4.98 Å². The second-order valence-electron chi connectivity index (χ2n) is 8.75. The van der Waals surface area contributed by atoms with E-state index >= 15 is 0 Å². The third-order valence-corrected chi connectivity index (χ3v) is 7.10. The number of aromatic nitrogens is 1. The van der Waals surface area contributed by atoms with Crippen LogP contribution in [0.25, 0.3) is 17.2 Å². The summed E-state index contributed by atoms with van der Waals surface area (Å²) in [5, 5.41) is 0. The van der Waals surface area contributed by atoms with Gasteiger partial charge in [-0.25, -0.2) is 4.39 Å². The molecule has 0 N–H and O–H groups in total. The minimum atomic E-state index is -0.239. The molecule has 5 rings (SSSR count). The first-order valence-electron chi connectivity index (χ1n) is 10.8. The second kappa shape index (κ2) is 7.74. The SMILES string of the molecule is O=C1C[C@H]2[C@@H]3CCCC[C@H]3[C@H](C=Cc3ccc(-c4cccc(F)c4)cn3)C[C@H]2O1. The van der Waals surface area contributed by atoms with Crippen molar-refractivity contribution >= 4 is 12.0 Å². The van der Waals surface area contributed by atoms with E-state index in [1.54, 1.807) is 12.3 Å². The van der Waals surface area contributed by atoms with Gasteiger partial charge in [0.1, 0.15) is 11.9 Å². The molecule has 2 heterocycles. The number of carbonyl (C=O) groups is 1. The van der Waals surface area contributed by atoms with Crippen molar-refractivity contribution in [1.29, 1.82) is 0 Å². The van der Waals surface area contributed by atoms with Gasteiger partial charge in [-0.2, -0.15) is 0 Å². The zero-order valence-electron chi connectivity index (χ0n) is 16.5. The van der Waals surface area contributed by atoms with Gasteiger partial charge in [0.25, 0.3) is 0 Å². The Morgan fingerprint density at radius 2 is 1.90 bits per heavy atom. The Balaban J connectivity index is 1.33. The van der Waals surface area contributed by atoms with Crippen LogP contribution in [0.4, 0.5) is 4.39 Å². The first-order valence-corrected chi connectivity index (χ1v) is 10.8. The van der Waals surface area contributed by atoms with E-state index in [1.807, 2.05) is 18.2 Å². The number of halogens is 1. The Labute approximate surface area is 171 Å². The van der Waals surface area contributed by atoms with E-state index in [2.05, 4.69) is 17.1 Å². The monoisotopic (exact) mass is 391 g/mol. The van der Waals surface area contributed by atoms with Crippen LogP contribution in [0.1, 0.15) is 44.2 Å². The fraction of sp³-hybridized carbons (Fsp3) is 0.440. The highest BCUT2D eigenvalue weighted by atomic mass is 19.1. The molecule has 3 nitrogen and oxygen atoms in total. The number of nitrogens with zero attached hydrogens (tertiary/aromatic N) is 1. The molecule has 29 heavy (non-hydrogen) atoms. The minimum Gasteiger partial charge on any atom is -0.462 e. The molecule has 0 unspecified atom stereocenters. The lowest BCUT2D eigenvalue weighted by Gasteiger charge is -2.45. The number of allylic oxidation sites excluding steroid dienone is 1. The average molecular weight is 391 g/mol. The van der Waals surface area contributed by atoms with Crippen molar-refractivity contribution in [2.45, 2.75) is 44.6 Å². The lowest BCUT2D eigenvalue weighted by Crippen LogP contribution is -2.42. The Morgan fingerprint density at radius 1 is 1.03 bits per heavy atom. The molecule has 2 aromatic rings. The van der Waals surface area contributed by atoms with Crippen molar-refractivity contribution in [3.8, 4) is 11.1 Å². The zero-order valence-corrected chi connectivity index (χ0v) is 16.5. The standard InChI is InChI=1S/C25H26FNO2/c26-19-5-3-4-16(12-19)18-9-11-20(27-15-18)10-8-17-13-24-23(14-25(28)29-24)22-7-2-1-6-21(17)22/h3-5,8-12,15,17,21-24H,1-2,6-7,13-14H2/t17-,21+,22-,23+,24-/m1/s1. The van der Waals surface area contributed by atoms with Crippen LogP contribution in [0.3, 0.4) is 0 Å². The molecule has 3 aliphatic rings. The van der Waals surface area contributed by atoms with Crippen LogP contribution in [0.2, 0.25) is 0 Å². The number of hydrogen-bond donors (Lipinski definition) is 0. The number of rotatable bonds is 3. The van der Waals surface area contributed by atoms with Crippen molar-refractivity contribution < 1.29 is 13.9 Å². The number of ether oxygens (including phenoxy) is 1. The van der Waals surface area contributed by atoms with E-state index in [0.717, 1.165) is 23.2 Å². The summed E-state index contributed by atoms with van der Waals surface area (Å²) in [4.78, 5) is 16.4. The summed E-state index contributed by atoms with van der Waals surface area (Å²) in [6.07, 6.45) is 12.9. The largest absolute Gasteiger partial charge is 0.462 e. The zero-order chi connectivity index (χ0) is 19.8. The molecule has 0 radical (unpaired) electrons. The number of benzene rings is 1. The van der Waals surface area contributed by atoms with Crippen LogP contribution < -0.4 is 0 Å². The third-order valence-electron chi connectivity index (χ3n) is 7.10. The van der Waals surface area contributed by atoms with Gasteiger partial charge in [-0.05, 0) is 66.9 Å². The highest BCUT2D eigenvalue weighted by molar-refractivity contribution is 5.72. The summed E-state index contributed by atoms with van der Waals surface area (Å²) < 4.78 is 19.1. The summed E-state index contributed by atoms with van der Waals surface area (Å²) in [5.74, 6) is 1.90. The second-order valence-corrected chi connectivity index (χ2v) is 8.75. The highest BCUT2D eigenvalue weighted by Gasteiger charge is 2.49. The van der Waals surface area contributed by atoms with Gasteiger partial charge in [-0.3, -0.25) is 9.78 Å². The number of esters is 1. The molecular formula is C25H26FNO2. The quantitative estimate of drug-likeness (QED) is 0.634. The molecular weight excluding hydrogens is 365 g/mol. The average Bonchev–Trinajstić information content (AvgIpc) is 3.13. The Hall–Kier alpha value is -2.49. The number of fused-ring (bicyclic) bond motifs is 3. The van der Waals surface area contributed by atoms with Crippen LogP contribution >= 0.6 is 0 Å². The van der Waals surface area contributed by atoms with Gasteiger partial charge in [0.15, 0.2) is 0 Å². The van der Waals surface area contributed by atoms with Gasteiger partial charge in [-0.1, -0.05) is 37.1 Å². The molecule has 0 amide bonds. The molecule has 1 saturated heterocycles. The van der Waals surface area contributed by atoms with Crippen molar-refractivity contribution in [2.75, 3.05) is 0 Å². The van der Waals surface area contributed by atoms with E-state index in [4.69, 9.17) is 4.74 Å². The number of carbonyl (C=O) groups excluding carboxylic acids is 1. The first-order chi connectivity index (χ1) is 14.2. The van der Waals surface area contributed by atoms with E-state index in [0.29, 0.717) is 30.1 Å². The minimum absolute atomic E-state index is 0.0106. The lowest BCUT2D eigenvalue weighted by atomic mass is 9.60. The summed E-state index contributed by atoms with van der Waals surface area (Å²) in [7, 11) is 0. The van der Waals surface area contributed by atoms with E-state index in [1.165, 1.54) is 37.8 Å². The number of pyridine rings is 1. The van der Waals surface area contributed by atoms with Gasteiger partial charge >= 0.3 is 5.97 Å². The Morgan fingerprint density at radius 3 is 2.69 bits per heavy atom. The Bertz CT molecular complexity index is 923. The fourth-order valence-electron chi connectivity index (χ4n) is 5.76. The maximum absolute atomic E-state index is 13.4. The van der Waals surface area contributed by atoms with Gasteiger partial charge in [0.2, 0.25) is 0 Å². The maximum atomic E-state index is 13.4. The van der Waals surface area contributed by atoms with Gasteiger partial charge < -0.3 is 4.74 Å². The van der Waals surface area contributed by atoms with Crippen LogP contribution in [0.5, 0.6) is 0 Å². The Kier molecular flexibility index (Phi) is 4.94. The molecule has 2 aliphatic carbocycles. The van der Waals surface area contributed by atoms with E-state index < -0.39 is 0 Å². The molecule has 3 fully saturated rings. The smallest absolute Gasteiger partial charge is 0.306 e. The molecule has 4 heteroatoms.